The quantitative estimate of drug-likeness (QED) is 0.505. The molecule has 3 aromatic carbocycles. The summed E-state index contributed by atoms with van der Waals surface area (Å²) in [4.78, 5) is 1.48. The topological polar surface area (TPSA) is 21.3 Å². The Morgan fingerprint density at radius 2 is 1.38 bits per heavy atom. The minimum Gasteiger partial charge on any atom is -0.497 e. The third-order valence-corrected chi connectivity index (χ3v) is 8.38. The molecule has 1 fully saturated rings. The second-order valence-corrected chi connectivity index (χ2v) is 9.55. The number of hydrogen-bond donors (Lipinski definition) is 1. The van der Waals surface area contributed by atoms with Crippen molar-refractivity contribution < 1.29 is 4.74 Å². The third kappa shape index (κ3) is 3.12. The van der Waals surface area contributed by atoms with E-state index < -0.39 is 0 Å². The number of para-hydroxylation sites is 1. The Morgan fingerprint density at radius 3 is 2.10 bits per heavy atom. The number of anilines is 2. The molecule has 5 atom stereocenters. The molecule has 29 heavy (non-hydrogen) atoms. The van der Waals surface area contributed by atoms with E-state index in [9.17, 15) is 0 Å². The first kappa shape index (κ1) is 18.6. The highest BCUT2D eigenvalue weighted by molar-refractivity contribution is 8.00. The Balaban J connectivity index is 1.50. The van der Waals surface area contributed by atoms with Crippen LogP contribution < -0.4 is 10.1 Å². The van der Waals surface area contributed by atoms with E-state index in [1.807, 2.05) is 12.1 Å². The summed E-state index contributed by atoms with van der Waals surface area (Å²) in [6.45, 7) is 4.89. The summed E-state index contributed by atoms with van der Waals surface area (Å²) in [5.74, 6) is 3.38. The van der Waals surface area contributed by atoms with Gasteiger partial charge in [0.05, 0.1) is 7.11 Å². The summed E-state index contributed by atoms with van der Waals surface area (Å²) in [5.41, 5.74) is 5.32. The average molecular weight is 402 g/mol. The van der Waals surface area contributed by atoms with Gasteiger partial charge in [0.1, 0.15) is 5.75 Å². The molecule has 1 aliphatic heterocycles. The lowest BCUT2D eigenvalue weighted by Crippen LogP contribution is -2.15. The summed E-state index contributed by atoms with van der Waals surface area (Å²) in [6, 6.07) is 26.1. The van der Waals surface area contributed by atoms with Gasteiger partial charge in [0.2, 0.25) is 0 Å². The van der Waals surface area contributed by atoms with Crippen LogP contribution in [0.5, 0.6) is 5.75 Å². The van der Waals surface area contributed by atoms with Gasteiger partial charge in [-0.3, -0.25) is 0 Å². The van der Waals surface area contributed by atoms with Gasteiger partial charge in [-0.1, -0.05) is 50.2 Å². The molecule has 148 valence electrons. The van der Waals surface area contributed by atoms with Gasteiger partial charge >= 0.3 is 0 Å². The van der Waals surface area contributed by atoms with Crippen LogP contribution in [0.4, 0.5) is 11.4 Å². The number of ether oxygens (including phenoxy) is 1. The zero-order valence-corrected chi connectivity index (χ0v) is 17.9. The second-order valence-electron chi connectivity index (χ2n) is 8.33. The molecule has 1 heterocycles. The van der Waals surface area contributed by atoms with Gasteiger partial charge in [-0.05, 0) is 59.4 Å². The molecule has 1 saturated carbocycles. The Hall–Kier alpha value is -2.39. The maximum atomic E-state index is 5.30. The van der Waals surface area contributed by atoms with Crippen molar-refractivity contribution in [1.82, 2.24) is 0 Å². The minimum absolute atomic E-state index is 0.536. The van der Waals surface area contributed by atoms with Gasteiger partial charge in [-0.25, -0.2) is 0 Å². The van der Waals surface area contributed by atoms with E-state index in [0.717, 1.165) is 11.4 Å². The fourth-order valence-electron chi connectivity index (χ4n) is 5.28. The smallest absolute Gasteiger partial charge is 0.119 e. The minimum atomic E-state index is 0.536. The number of methoxy groups -OCH3 is 1. The Labute approximate surface area is 177 Å². The molecule has 0 bridgehead atoms. The van der Waals surface area contributed by atoms with Crippen molar-refractivity contribution >= 4 is 23.1 Å². The highest BCUT2D eigenvalue weighted by Crippen LogP contribution is 2.63. The van der Waals surface area contributed by atoms with E-state index in [2.05, 4.69) is 91.6 Å². The fraction of sp³-hybridized carbons (Fsp3) is 0.308. The summed E-state index contributed by atoms with van der Waals surface area (Å²) in [7, 11) is 1.70. The van der Waals surface area contributed by atoms with Gasteiger partial charge in [0.25, 0.3) is 0 Å². The van der Waals surface area contributed by atoms with E-state index in [1.54, 1.807) is 12.7 Å². The Bertz CT molecular complexity index is 1020. The lowest BCUT2D eigenvalue weighted by atomic mass is 9.85. The number of rotatable bonds is 4. The van der Waals surface area contributed by atoms with Crippen LogP contribution in [0.3, 0.4) is 0 Å². The molecule has 3 heteroatoms. The summed E-state index contributed by atoms with van der Waals surface area (Å²) in [6.07, 6.45) is 0. The zero-order chi connectivity index (χ0) is 20.0. The predicted molar refractivity (Wildman–Crippen MR) is 123 cm³/mol. The number of thioether (sulfide) groups is 1. The molecule has 0 radical (unpaired) electrons. The van der Waals surface area contributed by atoms with Crippen LogP contribution in [-0.2, 0) is 0 Å². The zero-order valence-electron chi connectivity index (χ0n) is 17.1. The number of benzene rings is 3. The summed E-state index contributed by atoms with van der Waals surface area (Å²) < 4.78 is 5.30. The van der Waals surface area contributed by atoms with Crippen molar-refractivity contribution in [3.05, 3.63) is 83.9 Å². The maximum absolute atomic E-state index is 5.30. The lowest BCUT2D eigenvalue weighted by molar-refractivity contribution is 0.401. The van der Waals surface area contributed by atoms with Crippen LogP contribution in [0.15, 0.2) is 77.7 Å². The van der Waals surface area contributed by atoms with E-state index in [-0.39, 0.29) is 0 Å². The van der Waals surface area contributed by atoms with Crippen LogP contribution >= 0.6 is 11.8 Å². The molecule has 0 amide bonds. The Kier molecular flexibility index (Phi) is 4.79. The molecule has 2 aliphatic rings. The van der Waals surface area contributed by atoms with Crippen molar-refractivity contribution in [3.63, 3.8) is 0 Å². The van der Waals surface area contributed by atoms with Crippen LogP contribution in [0.1, 0.15) is 36.8 Å². The van der Waals surface area contributed by atoms with E-state index in [4.69, 9.17) is 4.74 Å². The second kappa shape index (κ2) is 7.46. The highest BCUT2D eigenvalue weighted by atomic mass is 32.2. The van der Waals surface area contributed by atoms with Crippen molar-refractivity contribution in [1.29, 1.82) is 0 Å². The summed E-state index contributed by atoms with van der Waals surface area (Å²) >= 11 is 2.09. The van der Waals surface area contributed by atoms with Gasteiger partial charge < -0.3 is 10.1 Å². The standard InChI is InChI=1S/C26H27NOS/c1-16-17(2)25-21-9-5-7-11-23(21)29-26(25)24(16)20-8-4-6-10-22(20)27-18-12-14-19(28-3)15-13-18/h4-17,24-27H,1-3H3. The molecule has 1 aliphatic carbocycles. The molecular formula is C26H27NOS. The molecule has 5 unspecified atom stereocenters. The summed E-state index contributed by atoms with van der Waals surface area (Å²) in [5, 5.41) is 4.28. The molecule has 2 nitrogen and oxygen atoms in total. The fourth-order valence-corrected chi connectivity index (χ4v) is 7.16. The lowest BCUT2D eigenvalue weighted by Gasteiger charge is -2.25. The van der Waals surface area contributed by atoms with Crippen molar-refractivity contribution in [2.24, 2.45) is 11.8 Å². The van der Waals surface area contributed by atoms with Crippen molar-refractivity contribution in [2.75, 3.05) is 12.4 Å². The van der Waals surface area contributed by atoms with Crippen LogP contribution in [0, 0.1) is 11.8 Å². The van der Waals surface area contributed by atoms with Gasteiger partial charge in [0, 0.05) is 33.4 Å². The van der Waals surface area contributed by atoms with E-state index in [0.29, 0.717) is 28.9 Å². The Morgan fingerprint density at radius 1 is 0.759 bits per heavy atom. The van der Waals surface area contributed by atoms with Crippen molar-refractivity contribution in [3.8, 4) is 5.75 Å². The predicted octanol–water partition coefficient (Wildman–Crippen LogP) is 7.07. The van der Waals surface area contributed by atoms with Crippen molar-refractivity contribution in [2.45, 2.75) is 35.8 Å². The van der Waals surface area contributed by atoms with Gasteiger partial charge in [0.15, 0.2) is 0 Å². The van der Waals surface area contributed by atoms with Gasteiger partial charge in [-0.2, -0.15) is 0 Å². The molecule has 5 rings (SSSR count). The third-order valence-electron chi connectivity index (χ3n) is 6.90. The van der Waals surface area contributed by atoms with Gasteiger partial charge in [-0.15, -0.1) is 11.8 Å². The SMILES string of the molecule is COc1ccc(Nc2ccccc2C2C(C)C(C)C3c4ccccc4SC23)cc1. The monoisotopic (exact) mass is 401 g/mol. The first-order valence-corrected chi connectivity index (χ1v) is 11.3. The molecule has 0 saturated heterocycles. The highest BCUT2D eigenvalue weighted by Gasteiger charge is 2.52. The van der Waals surface area contributed by atoms with E-state index >= 15 is 0 Å². The average Bonchev–Trinajstić information content (AvgIpc) is 3.24. The first-order chi connectivity index (χ1) is 14.2. The van der Waals surface area contributed by atoms with Crippen LogP contribution in [-0.4, -0.2) is 12.4 Å². The van der Waals surface area contributed by atoms with Crippen LogP contribution in [0.25, 0.3) is 0 Å². The number of fused-ring (bicyclic) bond motifs is 3. The first-order valence-electron chi connectivity index (χ1n) is 10.4. The molecule has 0 spiro atoms. The van der Waals surface area contributed by atoms with E-state index in [1.165, 1.54) is 16.1 Å². The molecule has 3 aromatic rings. The number of hydrogen-bond acceptors (Lipinski definition) is 3. The molecule has 1 N–H and O–H groups in total. The maximum Gasteiger partial charge on any atom is 0.119 e. The van der Waals surface area contributed by atoms with Crippen LogP contribution in [0.2, 0.25) is 0 Å². The number of nitrogens with one attached hydrogen (secondary N) is 1. The largest absolute Gasteiger partial charge is 0.497 e. The molecular weight excluding hydrogens is 374 g/mol. The molecule has 0 aromatic heterocycles. The normalized spacial score (nSPS) is 27.3.